The summed E-state index contributed by atoms with van der Waals surface area (Å²) < 4.78 is 13.3. The number of rotatable bonds is 3. The van der Waals surface area contributed by atoms with Crippen LogP contribution in [0.1, 0.15) is 29.2 Å². The van der Waals surface area contributed by atoms with Gasteiger partial charge in [-0.1, -0.05) is 18.2 Å². The number of benzene rings is 2. The lowest BCUT2D eigenvalue weighted by Gasteiger charge is -2.25. The van der Waals surface area contributed by atoms with Crippen molar-refractivity contribution in [3.63, 3.8) is 0 Å². The van der Waals surface area contributed by atoms with Crippen LogP contribution in [0.4, 0.5) is 0 Å². The number of para-hydroxylation sites is 1. The Labute approximate surface area is 139 Å². The van der Waals surface area contributed by atoms with Crippen LogP contribution in [0.5, 0.6) is 5.75 Å². The standard InChI is InChI=1S/C19H19NO4/c1-23-17-11-12(19(21)22)10-16-18(17)14-4-2-3-5-15(14)20(16)13-6-8-24-9-7-13/h2-5,10-11,13H,6-9H2,1H3,(H,21,22). The minimum Gasteiger partial charge on any atom is -0.496 e. The Kier molecular flexibility index (Phi) is 3.65. The highest BCUT2D eigenvalue weighted by atomic mass is 16.5. The van der Waals surface area contributed by atoms with Gasteiger partial charge in [0.2, 0.25) is 0 Å². The predicted octanol–water partition coefficient (Wildman–Crippen LogP) is 3.85. The van der Waals surface area contributed by atoms with Crippen LogP contribution < -0.4 is 4.74 Å². The molecule has 1 aliphatic rings. The molecule has 1 saturated heterocycles. The summed E-state index contributed by atoms with van der Waals surface area (Å²) >= 11 is 0. The van der Waals surface area contributed by atoms with Crippen molar-refractivity contribution in [3.8, 4) is 5.75 Å². The topological polar surface area (TPSA) is 60.7 Å². The molecule has 1 fully saturated rings. The van der Waals surface area contributed by atoms with E-state index in [1.54, 1.807) is 19.2 Å². The summed E-state index contributed by atoms with van der Waals surface area (Å²) in [7, 11) is 1.58. The molecule has 0 atom stereocenters. The molecule has 0 saturated carbocycles. The van der Waals surface area contributed by atoms with Crippen molar-refractivity contribution in [1.82, 2.24) is 4.57 Å². The first-order chi connectivity index (χ1) is 11.7. The van der Waals surface area contributed by atoms with Gasteiger partial charge in [0.25, 0.3) is 0 Å². The molecule has 0 bridgehead atoms. The Hall–Kier alpha value is -2.53. The number of hydrogen-bond acceptors (Lipinski definition) is 3. The lowest BCUT2D eigenvalue weighted by atomic mass is 10.1. The zero-order chi connectivity index (χ0) is 16.7. The van der Waals surface area contributed by atoms with Crippen molar-refractivity contribution < 1.29 is 19.4 Å². The number of fused-ring (bicyclic) bond motifs is 3. The maximum Gasteiger partial charge on any atom is 0.335 e. The number of methoxy groups -OCH3 is 1. The van der Waals surface area contributed by atoms with E-state index in [1.165, 1.54) is 0 Å². The van der Waals surface area contributed by atoms with E-state index in [-0.39, 0.29) is 5.56 Å². The zero-order valence-corrected chi connectivity index (χ0v) is 13.5. The number of aromatic nitrogens is 1. The maximum absolute atomic E-state index is 11.5. The molecule has 2 aromatic carbocycles. The first kappa shape index (κ1) is 15.0. The Bertz CT molecular complexity index is 922. The molecule has 1 N–H and O–H groups in total. The third-order valence-corrected chi connectivity index (χ3v) is 4.80. The van der Waals surface area contributed by atoms with E-state index in [0.29, 0.717) is 11.8 Å². The van der Waals surface area contributed by atoms with Crippen LogP contribution in [0.2, 0.25) is 0 Å². The summed E-state index contributed by atoms with van der Waals surface area (Å²) in [6.07, 6.45) is 1.85. The summed E-state index contributed by atoms with van der Waals surface area (Å²) in [5, 5.41) is 11.5. The molecular weight excluding hydrogens is 306 g/mol. The molecule has 0 spiro atoms. The van der Waals surface area contributed by atoms with Crippen LogP contribution in [-0.2, 0) is 4.74 Å². The largest absolute Gasteiger partial charge is 0.496 e. The first-order valence-electron chi connectivity index (χ1n) is 8.12. The average molecular weight is 325 g/mol. The van der Waals surface area contributed by atoms with E-state index in [1.807, 2.05) is 12.1 Å². The SMILES string of the molecule is COc1cc(C(=O)O)cc2c1c1ccccc1n2C1CCOCC1. The molecule has 0 amide bonds. The highest BCUT2D eigenvalue weighted by Gasteiger charge is 2.23. The fourth-order valence-electron chi connectivity index (χ4n) is 3.71. The second kappa shape index (κ2) is 5.83. The second-order valence-corrected chi connectivity index (χ2v) is 6.11. The number of ether oxygens (including phenoxy) is 2. The number of hydrogen-bond donors (Lipinski definition) is 1. The Morgan fingerprint density at radius 3 is 2.67 bits per heavy atom. The molecule has 0 radical (unpaired) electrons. The third kappa shape index (κ3) is 2.24. The zero-order valence-electron chi connectivity index (χ0n) is 13.5. The van der Waals surface area contributed by atoms with E-state index >= 15 is 0 Å². The Morgan fingerprint density at radius 2 is 1.96 bits per heavy atom. The molecule has 0 unspecified atom stereocenters. The van der Waals surface area contributed by atoms with Gasteiger partial charge in [-0.15, -0.1) is 0 Å². The Morgan fingerprint density at radius 1 is 1.21 bits per heavy atom. The minimum atomic E-state index is -0.945. The van der Waals surface area contributed by atoms with E-state index in [9.17, 15) is 9.90 Å². The molecule has 4 rings (SSSR count). The van der Waals surface area contributed by atoms with Crippen LogP contribution in [0.15, 0.2) is 36.4 Å². The molecule has 24 heavy (non-hydrogen) atoms. The summed E-state index contributed by atoms with van der Waals surface area (Å²) in [6.45, 7) is 1.46. The molecule has 5 heteroatoms. The van der Waals surface area contributed by atoms with Crippen molar-refractivity contribution in [2.45, 2.75) is 18.9 Å². The molecular formula is C19H19NO4. The van der Waals surface area contributed by atoms with E-state index in [2.05, 4.69) is 16.7 Å². The van der Waals surface area contributed by atoms with Crippen molar-refractivity contribution in [2.24, 2.45) is 0 Å². The number of carboxylic acids is 1. The summed E-state index contributed by atoms with van der Waals surface area (Å²) in [4.78, 5) is 11.5. The van der Waals surface area contributed by atoms with Gasteiger partial charge >= 0.3 is 5.97 Å². The van der Waals surface area contributed by atoms with E-state index < -0.39 is 5.97 Å². The molecule has 124 valence electrons. The van der Waals surface area contributed by atoms with Crippen molar-refractivity contribution >= 4 is 27.8 Å². The highest BCUT2D eigenvalue weighted by Crippen LogP contribution is 2.40. The third-order valence-electron chi connectivity index (χ3n) is 4.80. The lowest BCUT2D eigenvalue weighted by molar-refractivity contribution is 0.0694. The van der Waals surface area contributed by atoms with E-state index in [0.717, 1.165) is 47.9 Å². The summed E-state index contributed by atoms with van der Waals surface area (Å²) in [5.74, 6) is -0.342. The van der Waals surface area contributed by atoms with Crippen molar-refractivity contribution in [3.05, 3.63) is 42.0 Å². The van der Waals surface area contributed by atoms with Crippen LogP contribution in [0.3, 0.4) is 0 Å². The second-order valence-electron chi connectivity index (χ2n) is 6.11. The van der Waals surface area contributed by atoms with Gasteiger partial charge in [-0.3, -0.25) is 0 Å². The predicted molar refractivity (Wildman–Crippen MR) is 92.0 cm³/mol. The number of aromatic carboxylic acids is 1. The normalized spacial score (nSPS) is 15.9. The van der Waals surface area contributed by atoms with Gasteiger partial charge in [-0.2, -0.15) is 0 Å². The van der Waals surface area contributed by atoms with Crippen LogP contribution in [-0.4, -0.2) is 36.0 Å². The number of carbonyl (C=O) groups is 1. The van der Waals surface area contributed by atoms with Crippen LogP contribution in [0, 0.1) is 0 Å². The van der Waals surface area contributed by atoms with Crippen LogP contribution in [0.25, 0.3) is 21.8 Å². The van der Waals surface area contributed by atoms with Gasteiger partial charge in [0, 0.05) is 35.5 Å². The molecule has 1 aromatic heterocycles. The summed E-state index contributed by atoms with van der Waals surface area (Å²) in [6, 6.07) is 11.8. The first-order valence-corrected chi connectivity index (χ1v) is 8.12. The monoisotopic (exact) mass is 325 g/mol. The van der Waals surface area contributed by atoms with Gasteiger partial charge in [-0.25, -0.2) is 4.79 Å². The quantitative estimate of drug-likeness (QED) is 0.794. The van der Waals surface area contributed by atoms with Crippen LogP contribution >= 0.6 is 0 Å². The number of carboxylic acid groups (broad SMARTS) is 1. The van der Waals surface area contributed by atoms with Gasteiger partial charge in [-0.05, 0) is 31.0 Å². The maximum atomic E-state index is 11.5. The Balaban J connectivity index is 2.10. The highest BCUT2D eigenvalue weighted by molar-refractivity contribution is 6.13. The molecule has 2 heterocycles. The summed E-state index contributed by atoms with van der Waals surface area (Å²) in [5.41, 5.74) is 2.27. The van der Waals surface area contributed by atoms with Crippen molar-refractivity contribution in [1.29, 1.82) is 0 Å². The molecule has 1 aliphatic heterocycles. The van der Waals surface area contributed by atoms with Gasteiger partial charge in [0.1, 0.15) is 5.75 Å². The minimum absolute atomic E-state index is 0.246. The average Bonchev–Trinajstić information content (AvgIpc) is 2.96. The van der Waals surface area contributed by atoms with Crippen molar-refractivity contribution in [2.75, 3.05) is 20.3 Å². The molecule has 0 aliphatic carbocycles. The van der Waals surface area contributed by atoms with Gasteiger partial charge < -0.3 is 19.1 Å². The smallest absolute Gasteiger partial charge is 0.335 e. The molecule has 3 aromatic rings. The number of nitrogens with zero attached hydrogens (tertiary/aromatic N) is 1. The van der Waals surface area contributed by atoms with Gasteiger partial charge in [0.05, 0.1) is 18.2 Å². The fraction of sp³-hybridized carbons (Fsp3) is 0.316. The fourth-order valence-corrected chi connectivity index (χ4v) is 3.71. The van der Waals surface area contributed by atoms with E-state index in [4.69, 9.17) is 9.47 Å². The lowest BCUT2D eigenvalue weighted by Crippen LogP contribution is -2.19. The van der Waals surface area contributed by atoms with Gasteiger partial charge in [0.15, 0.2) is 0 Å². The molecule has 5 nitrogen and oxygen atoms in total.